The first kappa shape index (κ1) is 12.0. The third-order valence-electron chi connectivity index (χ3n) is 2.60. The summed E-state index contributed by atoms with van der Waals surface area (Å²) < 4.78 is 0. The van der Waals surface area contributed by atoms with E-state index < -0.39 is 0 Å². The fraction of sp³-hybridized carbons (Fsp3) is 0.467. The highest BCUT2D eigenvalue weighted by molar-refractivity contribution is 5.24. The first-order valence-corrected chi connectivity index (χ1v) is 5.82. The van der Waals surface area contributed by atoms with Gasteiger partial charge in [0.1, 0.15) is 0 Å². The van der Waals surface area contributed by atoms with Gasteiger partial charge in [-0.25, -0.2) is 0 Å². The van der Waals surface area contributed by atoms with Gasteiger partial charge in [0.15, 0.2) is 0 Å². The highest BCUT2D eigenvalue weighted by Gasteiger charge is 2.02. The van der Waals surface area contributed by atoms with Crippen molar-refractivity contribution >= 4 is 0 Å². The van der Waals surface area contributed by atoms with Crippen LogP contribution in [0, 0.1) is 11.8 Å². The maximum Gasteiger partial charge on any atom is -0.0218 e. The van der Waals surface area contributed by atoms with Crippen LogP contribution in [0.4, 0.5) is 0 Å². The molecule has 0 aliphatic carbocycles. The normalized spacial score (nSPS) is 12.8. The summed E-state index contributed by atoms with van der Waals surface area (Å²) in [6.07, 6.45) is 4.31. The average molecular weight is 202 g/mol. The smallest absolute Gasteiger partial charge is 0.0218 e. The molecule has 0 N–H and O–H groups in total. The molecule has 0 saturated carbocycles. The minimum absolute atomic E-state index is 0.569. The summed E-state index contributed by atoms with van der Waals surface area (Å²) >= 11 is 0. The minimum Gasteiger partial charge on any atom is -0.103 e. The van der Waals surface area contributed by atoms with Crippen LogP contribution in [-0.2, 0) is 12.8 Å². The van der Waals surface area contributed by atoms with E-state index in [0.717, 1.165) is 12.3 Å². The Bertz CT molecular complexity index is 310. The van der Waals surface area contributed by atoms with E-state index in [4.69, 9.17) is 0 Å². The van der Waals surface area contributed by atoms with Crippen molar-refractivity contribution in [3.05, 3.63) is 48.0 Å². The summed E-state index contributed by atoms with van der Waals surface area (Å²) in [4.78, 5) is 0. The summed E-state index contributed by atoms with van der Waals surface area (Å²) in [6.45, 7) is 10.6. The molecule has 0 radical (unpaired) electrons. The van der Waals surface area contributed by atoms with E-state index in [0.29, 0.717) is 5.92 Å². The zero-order valence-electron chi connectivity index (χ0n) is 10.2. The van der Waals surface area contributed by atoms with Crippen molar-refractivity contribution in [1.82, 2.24) is 0 Å². The molecule has 0 fully saturated rings. The number of allylic oxidation sites excluding steroid dienone is 1. The van der Waals surface area contributed by atoms with Crippen LogP contribution >= 0.6 is 0 Å². The van der Waals surface area contributed by atoms with Gasteiger partial charge in [0.2, 0.25) is 0 Å². The predicted molar refractivity (Wildman–Crippen MR) is 68.0 cm³/mol. The Morgan fingerprint density at radius 1 is 1.13 bits per heavy atom. The van der Waals surface area contributed by atoms with Crippen LogP contribution in [0.5, 0.6) is 0 Å². The van der Waals surface area contributed by atoms with Crippen LogP contribution in [0.3, 0.4) is 0 Å². The van der Waals surface area contributed by atoms with Crippen molar-refractivity contribution in [2.45, 2.75) is 33.6 Å². The Kier molecular flexibility index (Phi) is 4.61. The lowest BCUT2D eigenvalue weighted by molar-refractivity contribution is 0.645. The third kappa shape index (κ3) is 4.33. The molecule has 0 aliphatic rings. The van der Waals surface area contributed by atoms with E-state index in [1.165, 1.54) is 17.5 Å². The largest absolute Gasteiger partial charge is 0.103 e. The van der Waals surface area contributed by atoms with Crippen molar-refractivity contribution < 1.29 is 0 Å². The van der Waals surface area contributed by atoms with Gasteiger partial charge >= 0.3 is 0 Å². The van der Waals surface area contributed by atoms with E-state index in [-0.39, 0.29) is 0 Å². The first-order valence-electron chi connectivity index (χ1n) is 5.82. The first-order chi connectivity index (χ1) is 7.11. The van der Waals surface area contributed by atoms with Gasteiger partial charge in [0, 0.05) is 0 Å². The quantitative estimate of drug-likeness (QED) is 0.626. The van der Waals surface area contributed by atoms with Crippen LogP contribution in [0.2, 0.25) is 0 Å². The molecule has 1 unspecified atom stereocenters. The van der Waals surface area contributed by atoms with Gasteiger partial charge in [-0.05, 0) is 35.8 Å². The van der Waals surface area contributed by atoms with E-state index >= 15 is 0 Å². The summed E-state index contributed by atoms with van der Waals surface area (Å²) in [5.41, 5.74) is 2.89. The summed E-state index contributed by atoms with van der Waals surface area (Å²) in [5, 5.41) is 0. The second kappa shape index (κ2) is 5.75. The van der Waals surface area contributed by atoms with Crippen molar-refractivity contribution in [2.75, 3.05) is 0 Å². The molecule has 0 heterocycles. The maximum atomic E-state index is 3.83. The van der Waals surface area contributed by atoms with E-state index in [1.807, 2.05) is 6.08 Å². The molecule has 15 heavy (non-hydrogen) atoms. The molecular weight excluding hydrogens is 180 g/mol. The van der Waals surface area contributed by atoms with Crippen LogP contribution < -0.4 is 0 Å². The average Bonchev–Trinajstić information content (AvgIpc) is 2.17. The second-order valence-corrected chi connectivity index (χ2v) is 4.84. The molecule has 0 bridgehead atoms. The SMILES string of the molecule is C=CC(C)Cc1cccc(CC(C)C)c1. The molecule has 1 aromatic carbocycles. The number of hydrogen-bond donors (Lipinski definition) is 0. The number of hydrogen-bond acceptors (Lipinski definition) is 0. The molecule has 0 nitrogen and oxygen atoms in total. The standard InChI is InChI=1S/C15H22/c1-5-13(4)10-15-8-6-7-14(11-15)9-12(2)3/h5-8,11-13H,1,9-10H2,2-4H3. The number of benzene rings is 1. The van der Waals surface area contributed by atoms with Gasteiger partial charge in [-0.1, -0.05) is 51.1 Å². The fourth-order valence-electron chi connectivity index (χ4n) is 1.81. The lowest BCUT2D eigenvalue weighted by atomic mass is 9.96. The van der Waals surface area contributed by atoms with Crippen molar-refractivity contribution in [1.29, 1.82) is 0 Å². The molecule has 0 saturated heterocycles. The molecule has 0 aliphatic heterocycles. The molecule has 0 amide bonds. The van der Waals surface area contributed by atoms with Crippen molar-refractivity contribution in [2.24, 2.45) is 11.8 Å². The summed E-state index contributed by atoms with van der Waals surface area (Å²) in [6, 6.07) is 8.94. The second-order valence-electron chi connectivity index (χ2n) is 4.84. The van der Waals surface area contributed by atoms with Gasteiger partial charge < -0.3 is 0 Å². The highest BCUT2D eigenvalue weighted by atomic mass is 14.1. The van der Waals surface area contributed by atoms with E-state index in [2.05, 4.69) is 51.6 Å². The Hall–Kier alpha value is -1.04. The molecule has 0 heteroatoms. The molecule has 1 atom stereocenters. The lowest BCUT2D eigenvalue weighted by Gasteiger charge is -2.09. The predicted octanol–water partition coefficient (Wildman–Crippen LogP) is 4.25. The Morgan fingerprint density at radius 3 is 2.27 bits per heavy atom. The fourth-order valence-corrected chi connectivity index (χ4v) is 1.81. The molecule has 0 spiro atoms. The van der Waals surface area contributed by atoms with Gasteiger partial charge in [-0.3, -0.25) is 0 Å². The van der Waals surface area contributed by atoms with Gasteiger partial charge in [0.05, 0.1) is 0 Å². The molecule has 82 valence electrons. The third-order valence-corrected chi connectivity index (χ3v) is 2.60. The molecular formula is C15H22. The molecule has 0 aromatic heterocycles. The summed E-state index contributed by atoms with van der Waals surface area (Å²) in [5.74, 6) is 1.30. The number of rotatable bonds is 5. The van der Waals surface area contributed by atoms with E-state index in [9.17, 15) is 0 Å². The lowest BCUT2D eigenvalue weighted by Crippen LogP contribution is -1.98. The Labute approximate surface area is 94.0 Å². The topological polar surface area (TPSA) is 0 Å². The zero-order chi connectivity index (χ0) is 11.3. The Morgan fingerprint density at radius 2 is 1.73 bits per heavy atom. The molecule has 1 aromatic rings. The maximum absolute atomic E-state index is 3.83. The highest BCUT2D eigenvalue weighted by Crippen LogP contribution is 2.14. The van der Waals surface area contributed by atoms with Crippen molar-refractivity contribution in [3.63, 3.8) is 0 Å². The minimum atomic E-state index is 0.569. The van der Waals surface area contributed by atoms with Gasteiger partial charge in [-0.15, -0.1) is 6.58 Å². The summed E-state index contributed by atoms with van der Waals surface area (Å²) in [7, 11) is 0. The van der Waals surface area contributed by atoms with Crippen LogP contribution in [-0.4, -0.2) is 0 Å². The monoisotopic (exact) mass is 202 g/mol. The molecule has 1 rings (SSSR count). The van der Waals surface area contributed by atoms with Crippen LogP contribution in [0.1, 0.15) is 31.9 Å². The van der Waals surface area contributed by atoms with E-state index in [1.54, 1.807) is 0 Å². The van der Waals surface area contributed by atoms with Gasteiger partial charge in [-0.2, -0.15) is 0 Å². The zero-order valence-corrected chi connectivity index (χ0v) is 10.2. The van der Waals surface area contributed by atoms with Crippen LogP contribution in [0.25, 0.3) is 0 Å². The van der Waals surface area contributed by atoms with Gasteiger partial charge in [0.25, 0.3) is 0 Å². The van der Waals surface area contributed by atoms with Crippen molar-refractivity contribution in [3.8, 4) is 0 Å². The Balaban J connectivity index is 2.69. The van der Waals surface area contributed by atoms with Crippen LogP contribution in [0.15, 0.2) is 36.9 Å².